The first-order valence-electron chi connectivity index (χ1n) is 7.77. The van der Waals surface area contributed by atoms with Gasteiger partial charge in [-0.25, -0.2) is 0 Å². The number of fused-ring (bicyclic) bond motifs is 1. The van der Waals surface area contributed by atoms with Gasteiger partial charge in [0.2, 0.25) is 0 Å². The van der Waals surface area contributed by atoms with Crippen LogP contribution in [0.3, 0.4) is 0 Å². The Balaban J connectivity index is 1.71. The molecule has 0 aliphatic heterocycles. The Hall–Kier alpha value is -3.01. The minimum atomic E-state index is -0.613. The molecule has 0 aliphatic rings. The van der Waals surface area contributed by atoms with Gasteiger partial charge >= 0.3 is 0 Å². The molecule has 3 rings (SSSR count). The van der Waals surface area contributed by atoms with E-state index in [0.29, 0.717) is 11.4 Å². The van der Waals surface area contributed by atoms with Gasteiger partial charge in [-0.15, -0.1) is 0 Å². The second-order valence-electron chi connectivity index (χ2n) is 5.46. The summed E-state index contributed by atoms with van der Waals surface area (Å²) < 4.78 is 11.0. The first kappa shape index (κ1) is 15.9. The topological polar surface area (TPSA) is 47.6 Å². The normalized spacial score (nSPS) is 11.8. The molecule has 1 atom stereocenters. The summed E-state index contributed by atoms with van der Waals surface area (Å²) in [7, 11) is 1.60. The van der Waals surface area contributed by atoms with Gasteiger partial charge in [0.25, 0.3) is 5.91 Å². The van der Waals surface area contributed by atoms with E-state index in [1.807, 2.05) is 42.5 Å². The average molecular weight is 321 g/mol. The maximum atomic E-state index is 12.3. The van der Waals surface area contributed by atoms with Crippen molar-refractivity contribution in [2.24, 2.45) is 0 Å². The van der Waals surface area contributed by atoms with Crippen LogP contribution in [0, 0.1) is 0 Å². The highest BCUT2D eigenvalue weighted by molar-refractivity contribution is 5.95. The van der Waals surface area contributed by atoms with E-state index < -0.39 is 6.10 Å². The number of hydrogen-bond acceptors (Lipinski definition) is 3. The van der Waals surface area contributed by atoms with Gasteiger partial charge < -0.3 is 14.8 Å². The van der Waals surface area contributed by atoms with Crippen LogP contribution in [0.25, 0.3) is 10.8 Å². The first-order chi connectivity index (χ1) is 11.7. The summed E-state index contributed by atoms with van der Waals surface area (Å²) in [5.74, 6) is 1.24. The predicted molar refractivity (Wildman–Crippen MR) is 95.7 cm³/mol. The van der Waals surface area contributed by atoms with E-state index in [2.05, 4.69) is 5.32 Å². The molecule has 0 saturated carbocycles. The molecular formula is C20H19NO3. The second kappa shape index (κ2) is 7.04. The largest absolute Gasteiger partial charge is 0.497 e. The number of carbonyl (C=O) groups excluding carboxylic acids is 1. The monoisotopic (exact) mass is 321 g/mol. The molecule has 0 fully saturated rings. The molecule has 1 N–H and O–H groups in total. The quantitative estimate of drug-likeness (QED) is 0.764. The third-order valence-electron chi connectivity index (χ3n) is 3.78. The molecule has 3 aromatic rings. The van der Waals surface area contributed by atoms with Gasteiger partial charge in [-0.2, -0.15) is 0 Å². The zero-order valence-corrected chi connectivity index (χ0v) is 13.7. The van der Waals surface area contributed by atoms with Crippen LogP contribution in [0.15, 0.2) is 66.7 Å². The molecule has 0 saturated heterocycles. The van der Waals surface area contributed by atoms with Crippen LogP contribution in [0.4, 0.5) is 5.69 Å². The molecule has 0 aromatic heterocycles. The third kappa shape index (κ3) is 3.49. The van der Waals surface area contributed by atoms with Crippen molar-refractivity contribution in [3.05, 3.63) is 66.7 Å². The smallest absolute Gasteiger partial charge is 0.265 e. The van der Waals surface area contributed by atoms with E-state index in [4.69, 9.17) is 9.47 Å². The number of carbonyl (C=O) groups is 1. The summed E-state index contributed by atoms with van der Waals surface area (Å²) in [6.45, 7) is 1.74. The van der Waals surface area contributed by atoms with E-state index in [0.717, 1.165) is 16.5 Å². The highest BCUT2D eigenvalue weighted by Gasteiger charge is 2.16. The summed E-state index contributed by atoms with van der Waals surface area (Å²) in [6, 6.07) is 20.9. The molecule has 3 aromatic carbocycles. The molecule has 0 spiro atoms. The summed E-state index contributed by atoms with van der Waals surface area (Å²) >= 11 is 0. The van der Waals surface area contributed by atoms with Crippen molar-refractivity contribution in [3.8, 4) is 11.5 Å². The summed E-state index contributed by atoms with van der Waals surface area (Å²) in [5, 5.41) is 4.91. The molecule has 0 heterocycles. The maximum absolute atomic E-state index is 12.3. The van der Waals surface area contributed by atoms with E-state index in [-0.39, 0.29) is 5.91 Å². The Bertz CT molecular complexity index is 838. The summed E-state index contributed by atoms with van der Waals surface area (Å²) in [5.41, 5.74) is 0.703. The van der Waals surface area contributed by atoms with Crippen molar-refractivity contribution in [2.75, 3.05) is 12.4 Å². The van der Waals surface area contributed by atoms with Crippen molar-refractivity contribution in [1.29, 1.82) is 0 Å². The number of methoxy groups -OCH3 is 1. The number of hydrogen-bond donors (Lipinski definition) is 1. The molecule has 0 bridgehead atoms. The molecule has 0 radical (unpaired) electrons. The summed E-state index contributed by atoms with van der Waals surface area (Å²) in [6.07, 6.45) is -0.613. The Labute approximate surface area is 141 Å². The van der Waals surface area contributed by atoms with Gasteiger partial charge in [0.15, 0.2) is 6.10 Å². The number of rotatable bonds is 5. The lowest BCUT2D eigenvalue weighted by Gasteiger charge is -2.16. The minimum Gasteiger partial charge on any atom is -0.497 e. The van der Waals surface area contributed by atoms with Gasteiger partial charge in [-0.3, -0.25) is 4.79 Å². The highest BCUT2D eigenvalue weighted by Crippen LogP contribution is 2.26. The van der Waals surface area contributed by atoms with E-state index >= 15 is 0 Å². The lowest BCUT2D eigenvalue weighted by atomic mass is 10.1. The van der Waals surface area contributed by atoms with E-state index in [1.54, 1.807) is 38.3 Å². The van der Waals surface area contributed by atoms with Crippen LogP contribution in [0.2, 0.25) is 0 Å². The van der Waals surface area contributed by atoms with Crippen molar-refractivity contribution < 1.29 is 14.3 Å². The Kier molecular flexibility index (Phi) is 4.66. The molecule has 0 aliphatic carbocycles. The van der Waals surface area contributed by atoms with Crippen LogP contribution >= 0.6 is 0 Å². The molecule has 4 heteroatoms. The zero-order chi connectivity index (χ0) is 16.9. The minimum absolute atomic E-state index is 0.201. The van der Waals surface area contributed by atoms with E-state index in [9.17, 15) is 4.79 Å². The number of anilines is 1. The number of amides is 1. The van der Waals surface area contributed by atoms with Crippen molar-refractivity contribution >= 4 is 22.4 Å². The standard InChI is InChI=1S/C20H19NO3/c1-14(20(22)21-16-10-12-17(23-2)13-11-16)24-19-9-5-7-15-6-3-4-8-18(15)19/h3-14H,1-2H3,(H,21,22). The fourth-order valence-electron chi connectivity index (χ4n) is 2.46. The Morgan fingerprint density at radius 3 is 2.42 bits per heavy atom. The fourth-order valence-corrected chi connectivity index (χ4v) is 2.46. The van der Waals surface area contributed by atoms with Crippen molar-refractivity contribution in [3.63, 3.8) is 0 Å². The number of benzene rings is 3. The van der Waals surface area contributed by atoms with Crippen LogP contribution in [0.1, 0.15) is 6.92 Å². The fraction of sp³-hybridized carbons (Fsp3) is 0.150. The van der Waals surface area contributed by atoms with Gasteiger partial charge in [-0.1, -0.05) is 36.4 Å². The number of nitrogens with one attached hydrogen (secondary N) is 1. The molecule has 4 nitrogen and oxygen atoms in total. The molecule has 24 heavy (non-hydrogen) atoms. The second-order valence-corrected chi connectivity index (χ2v) is 5.46. The maximum Gasteiger partial charge on any atom is 0.265 e. The first-order valence-corrected chi connectivity index (χ1v) is 7.77. The molecular weight excluding hydrogens is 302 g/mol. The lowest BCUT2D eigenvalue weighted by Crippen LogP contribution is -2.30. The van der Waals surface area contributed by atoms with Gasteiger partial charge in [-0.05, 0) is 42.6 Å². The van der Waals surface area contributed by atoms with Crippen molar-refractivity contribution in [1.82, 2.24) is 0 Å². The molecule has 122 valence electrons. The van der Waals surface area contributed by atoms with Crippen LogP contribution in [-0.2, 0) is 4.79 Å². The van der Waals surface area contributed by atoms with Crippen LogP contribution in [-0.4, -0.2) is 19.1 Å². The van der Waals surface area contributed by atoms with Crippen LogP contribution in [0.5, 0.6) is 11.5 Å². The molecule has 1 amide bonds. The lowest BCUT2D eigenvalue weighted by molar-refractivity contribution is -0.122. The predicted octanol–water partition coefficient (Wildman–Crippen LogP) is 4.25. The Morgan fingerprint density at radius 2 is 1.67 bits per heavy atom. The van der Waals surface area contributed by atoms with Gasteiger partial charge in [0.1, 0.15) is 11.5 Å². The van der Waals surface area contributed by atoms with Crippen molar-refractivity contribution in [2.45, 2.75) is 13.0 Å². The number of ether oxygens (including phenoxy) is 2. The third-order valence-corrected chi connectivity index (χ3v) is 3.78. The SMILES string of the molecule is COc1ccc(NC(=O)C(C)Oc2cccc3ccccc23)cc1. The molecule has 1 unspecified atom stereocenters. The Morgan fingerprint density at radius 1 is 0.958 bits per heavy atom. The zero-order valence-electron chi connectivity index (χ0n) is 13.7. The summed E-state index contributed by atoms with van der Waals surface area (Å²) in [4.78, 5) is 12.3. The van der Waals surface area contributed by atoms with Gasteiger partial charge in [0, 0.05) is 11.1 Å². The van der Waals surface area contributed by atoms with Crippen LogP contribution < -0.4 is 14.8 Å². The average Bonchev–Trinajstić information content (AvgIpc) is 2.62. The van der Waals surface area contributed by atoms with E-state index in [1.165, 1.54) is 0 Å². The highest BCUT2D eigenvalue weighted by atomic mass is 16.5. The van der Waals surface area contributed by atoms with Gasteiger partial charge in [0.05, 0.1) is 7.11 Å².